The quantitative estimate of drug-likeness (QED) is 0.0222. The van der Waals surface area contributed by atoms with Crippen LogP contribution < -0.4 is 0 Å². The Morgan fingerprint density at radius 2 is 0.511 bits per heavy atom. The number of aliphatic hydroxyl groups is 1. The van der Waals surface area contributed by atoms with Crippen molar-refractivity contribution in [3.8, 4) is 0 Å². The molecule has 4 unspecified atom stereocenters. The molecule has 0 saturated heterocycles. The van der Waals surface area contributed by atoms with Gasteiger partial charge in [0.25, 0.3) is 0 Å². The van der Waals surface area contributed by atoms with Crippen LogP contribution in [0.25, 0.3) is 0 Å². The summed E-state index contributed by atoms with van der Waals surface area (Å²) in [5, 5.41) is 10.6. The van der Waals surface area contributed by atoms with Gasteiger partial charge < -0.3 is 33.8 Å². The molecule has 0 bridgehead atoms. The lowest BCUT2D eigenvalue weighted by molar-refractivity contribution is -0.161. The van der Waals surface area contributed by atoms with E-state index >= 15 is 0 Å². The lowest BCUT2D eigenvalue weighted by Gasteiger charge is -2.21. The summed E-state index contributed by atoms with van der Waals surface area (Å²) in [4.78, 5) is 72.4. The van der Waals surface area contributed by atoms with Gasteiger partial charge in [0.1, 0.15) is 19.3 Å². The van der Waals surface area contributed by atoms with Gasteiger partial charge in [0.2, 0.25) is 0 Å². The van der Waals surface area contributed by atoms with E-state index < -0.39 is 97.5 Å². The van der Waals surface area contributed by atoms with Crippen LogP contribution in [0.1, 0.15) is 388 Å². The first-order valence-electron chi connectivity index (χ1n) is 39.1. The van der Waals surface area contributed by atoms with Gasteiger partial charge in [0.15, 0.2) is 12.2 Å². The maximum absolute atomic E-state index is 13.1. The molecule has 0 fully saturated rings. The van der Waals surface area contributed by atoms with Crippen molar-refractivity contribution in [2.75, 3.05) is 39.6 Å². The molecule has 0 amide bonds. The number of phosphoric acid groups is 2. The van der Waals surface area contributed by atoms with Gasteiger partial charge in [-0.3, -0.25) is 37.3 Å². The topological polar surface area (TPSA) is 237 Å². The van der Waals surface area contributed by atoms with Crippen LogP contribution in [0.3, 0.4) is 0 Å². The molecule has 0 spiro atoms. The fourth-order valence-electron chi connectivity index (χ4n) is 11.4. The monoisotopic (exact) mass is 1380 g/mol. The van der Waals surface area contributed by atoms with Crippen LogP contribution in [0, 0.1) is 11.8 Å². The zero-order valence-corrected chi connectivity index (χ0v) is 63.1. The molecule has 558 valence electrons. The first-order chi connectivity index (χ1) is 45.4. The highest BCUT2D eigenvalue weighted by molar-refractivity contribution is 7.47. The number of unbranched alkanes of at least 4 members (excludes halogenated alkanes) is 42. The Morgan fingerprint density at radius 1 is 0.298 bits per heavy atom. The standard InChI is InChI=1S/C75H146O17P2/c1-7-11-13-15-16-17-18-19-24-28-31-34-40-46-52-58-73(78)86-64-71(92-74(79)59-53-47-41-35-32-29-26-23-21-20-22-25-27-30-33-38-44-49-55-67(5)9-3)66-90-94(83,84)88-62-69(76)61-87-93(81,82)89-65-70(63-85-72(77)57-51-43-14-12-8-2)91-75(80)60-54-48-42-37-36-39-45-50-56-68(6)10-4/h67-71,76H,7-66H2,1-6H3,(H,81,82)(H,83,84)/t67?,68?,69-,70+,71+/m0/s1. The normalized spacial score (nSPS) is 14.6. The Morgan fingerprint density at radius 3 is 0.755 bits per heavy atom. The third kappa shape index (κ3) is 66.0. The van der Waals surface area contributed by atoms with Gasteiger partial charge in [-0.15, -0.1) is 0 Å². The third-order valence-electron chi connectivity index (χ3n) is 18.2. The van der Waals surface area contributed by atoms with Gasteiger partial charge in [-0.25, -0.2) is 9.13 Å². The summed E-state index contributed by atoms with van der Waals surface area (Å²) in [5.74, 6) is -0.489. The third-order valence-corrected chi connectivity index (χ3v) is 20.1. The van der Waals surface area contributed by atoms with Crippen LogP contribution in [-0.2, 0) is 65.4 Å². The van der Waals surface area contributed by atoms with Crippen LogP contribution in [0.15, 0.2) is 0 Å². The van der Waals surface area contributed by atoms with Gasteiger partial charge in [-0.05, 0) is 37.5 Å². The molecule has 7 atom stereocenters. The predicted molar refractivity (Wildman–Crippen MR) is 381 cm³/mol. The Bertz CT molecular complexity index is 1820. The van der Waals surface area contributed by atoms with Crippen molar-refractivity contribution in [1.82, 2.24) is 0 Å². The van der Waals surface area contributed by atoms with E-state index in [9.17, 15) is 43.2 Å². The first-order valence-corrected chi connectivity index (χ1v) is 42.1. The maximum atomic E-state index is 13.1. The van der Waals surface area contributed by atoms with Crippen LogP contribution >= 0.6 is 15.6 Å². The predicted octanol–water partition coefficient (Wildman–Crippen LogP) is 21.9. The van der Waals surface area contributed by atoms with Crippen molar-refractivity contribution in [2.24, 2.45) is 11.8 Å². The number of ether oxygens (including phenoxy) is 4. The minimum absolute atomic E-state index is 0.104. The number of phosphoric ester groups is 2. The molecule has 0 aromatic rings. The fourth-order valence-corrected chi connectivity index (χ4v) is 13.0. The summed E-state index contributed by atoms with van der Waals surface area (Å²) in [6.45, 7) is 9.56. The van der Waals surface area contributed by atoms with Crippen molar-refractivity contribution in [2.45, 2.75) is 407 Å². The van der Waals surface area contributed by atoms with Crippen molar-refractivity contribution >= 4 is 39.5 Å². The van der Waals surface area contributed by atoms with Gasteiger partial charge in [-0.2, -0.15) is 0 Å². The second-order valence-electron chi connectivity index (χ2n) is 27.5. The molecule has 0 aliphatic rings. The van der Waals surface area contributed by atoms with Crippen molar-refractivity contribution < 1.29 is 80.2 Å². The van der Waals surface area contributed by atoms with Crippen LogP contribution in [0.2, 0.25) is 0 Å². The highest BCUT2D eigenvalue weighted by Gasteiger charge is 2.30. The summed E-state index contributed by atoms with van der Waals surface area (Å²) in [6.07, 6.45) is 54.5. The molecule has 3 N–H and O–H groups in total. The van der Waals surface area contributed by atoms with E-state index in [0.29, 0.717) is 25.7 Å². The van der Waals surface area contributed by atoms with E-state index in [1.807, 2.05) is 0 Å². The maximum Gasteiger partial charge on any atom is 0.472 e. The highest BCUT2D eigenvalue weighted by Crippen LogP contribution is 2.45. The first kappa shape index (κ1) is 92.1. The van der Waals surface area contributed by atoms with E-state index in [4.69, 9.17) is 37.0 Å². The molecule has 0 aliphatic heterocycles. The number of carbonyl (C=O) groups excluding carboxylic acids is 4. The summed E-state index contributed by atoms with van der Waals surface area (Å²) < 4.78 is 68.2. The zero-order valence-electron chi connectivity index (χ0n) is 61.3. The Labute approximate surface area is 575 Å². The van der Waals surface area contributed by atoms with Gasteiger partial charge in [0, 0.05) is 25.7 Å². The van der Waals surface area contributed by atoms with Crippen LogP contribution in [0.5, 0.6) is 0 Å². The summed E-state index contributed by atoms with van der Waals surface area (Å²) in [5.41, 5.74) is 0. The molecule has 0 aromatic carbocycles. The Kier molecular flexibility index (Phi) is 65.5. The van der Waals surface area contributed by atoms with E-state index in [1.54, 1.807) is 0 Å². The number of hydrogen-bond donors (Lipinski definition) is 3. The second kappa shape index (κ2) is 66.9. The van der Waals surface area contributed by atoms with Crippen molar-refractivity contribution in [1.29, 1.82) is 0 Å². The van der Waals surface area contributed by atoms with Crippen molar-refractivity contribution in [3.05, 3.63) is 0 Å². The van der Waals surface area contributed by atoms with Gasteiger partial charge in [-0.1, -0.05) is 337 Å². The second-order valence-corrected chi connectivity index (χ2v) is 30.4. The molecular weight excluding hydrogens is 1230 g/mol. The molecule has 17 nitrogen and oxygen atoms in total. The summed E-state index contributed by atoms with van der Waals surface area (Å²) >= 11 is 0. The lowest BCUT2D eigenvalue weighted by Crippen LogP contribution is -2.30. The zero-order chi connectivity index (χ0) is 69.3. The minimum Gasteiger partial charge on any atom is -0.462 e. The average molecular weight is 1380 g/mol. The Hall–Kier alpha value is -1.94. The lowest BCUT2D eigenvalue weighted by atomic mass is 9.99. The summed E-state index contributed by atoms with van der Waals surface area (Å²) in [6, 6.07) is 0. The summed E-state index contributed by atoms with van der Waals surface area (Å²) in [7, 11) is -9.90. The molecule has 0 aromatic heterocycles. The van der Waals surface area contributed by atoms with E-state index in [1.165, 1.54) is 199 Å². The molecular formula is C75H146O17P2. The molecule has 0 aliphatic carbocycles. The fraction of sp³-hybridized carbons (Fsp3) is 0.947. The van der Waals surface area contributed by atoms with Gasteiger partial charge >= 0.3 is 39.5 Å². The molecule has 0 saturated carbocycles. The minimum atomic E-state index is -4.95. The number of hydrogen-bond acceptors (Lipinski definition) is 15. The Balaban J connectivity index is 5.12. The molecule has 19 heteroatoms. The van der Waals surface area contributed by atoms with E-state index in [2.05, 4.69) is 41.5 Å². The van der Waals surface area contributed by atoms with Gasteiger partial charge in [0.05, 0.1) is 26.4 Å². The largest absolute Gasteiger partial charge is 0.472 e. The van der Waals surface area contributed by atoms with Crippen LogP contribution in [-0.4, -0.2) is 96.7 Å². The molecule has 0 heterocycles. The number of esters is 4. The van der Waals surface area contributed by atoms with E-state index in [-0.39, 0.29) is 25.7 Å². The SMILES string of the molecule is CCCCCCCCCCCCCCCCCC(=O)OC[C@H](COP(=O)(O)OC[C@@H](O)COP(=O)(O)OC[C@@H](COC(=O)CCCCCCC)OC(=O)CCCCCCCCCCC(C)CC)OC(=O)CCCCCCCCCCCCCCCCCCCCC(C)CC. The number of carbonyl (C=O) groups is 4. The van der Waals surface area contributed by atoms with Crippen LogP contribution in [0.4, 0.5) is 0 Å². The number of aliphatic hydroxyl groups excluding tert-OH is 1. The van der Waals surface area contributed by atoms with E-state index in [0.717, 1.165) is 108 Å². The number of rotatable bonds is 74. The average Bonchev–Trinajstić information content (AvgIpc) is 1.43. The molecule has 0 radical (unpaired) electrons. The molecule has 0 rings (SSSR count). The molecule has 94 heavy (non-hydrogen) atoms. The smallest absolute Gasteiger partial charge is 0.462 e. The van der Waals surface area contributed by atoms with Crippen molar-refractivity contribution in [3.63, 3.8) is 0 Å². The highest BCUT2D eigenvalue weighted by atomic mass is 31.2.